The lowest BCUT2D eigenvalue weighted by Crippen LogP contribution is -2.26. The average molecular weight is 178 g/mol. The molecule has 1 fully saturated rings. The van der Waals surface area contributed by atoms with Gasteiger partial charge in [-0.2, -0.15) is 0 Å². The van der Waals surface area contributed by atoms with E-state index >= 15 is 0 Å². The van der Waals surface area contributed by atoms with Crippen molar-refractivity contribution in [2.24, 2.45) is 5.73 Å². The summed E-state index contributed by atoms with van der Waals surface area (Å²) in [7, 11) is 0. The van der Waals surface area contributed by atoms with Gasteiger partial charge in [0.2, 0.25) is 0 Å². The predicted octanol–water partition coefficient (Wildman–Crippen LogP) is 0.00960. The highest BCUT2D eigenvalue weighted by Crippen LogP contribution is 2.10. The summed E-state index contributed by atoms with van der Waals surface area (Å²) in [6, 6.07) is 0.352. The number of nitrogens with zero attached hydrogens (tertiary/aromatic N) is 3. The van der Waals surface area contributed by atoms with E-state index in [1.807, 2.05) is 12.4 Å². The Kier molecular flexibility index (Phi) is 2.52. The van der Waals surface area contributed by atoms with E-state index in [9.17, 15) is 0 Å². The van der Waals surface area contributed by atoms with E-state index in [1.165, 1.54) is 0 Å². The van der Waals surface area contributed by atoms with Crippen LogP contribution >= 0.6 is 0 Å². The van der Waals surface area contributed by atoms with Crippen molar-refractivity contribution in [1.82, 2.24) is 14.9 Å². The Morgan fingerprint density at radius 1 is 1.46 bits per heavy atom. The van der Waals surface area contributed by atoms with Crippen molar-refractivity contribution < 1.29 is 0 Å². The van der Waals surface area contributed by atoms with Gasteiger partial charge in [-0.15, -0.1) is 0 Å². The third kappa shape index (κ3) is 2.23. The maximum Gasteiger partial charge on any atom is 0.115 e. The molecule has 0 amide bonds. The molecule has 0 bridgehead atoms. The van der Waals surface area contributed by atoms with Crippen LogP contribution in [0, 0.1) is 0 Å². The van der Waals surface area contributed by atoms with Gasteiger partial charge in [-0.3, -0.25) is 4.90 Å². The molecule has 1 aliphatic heterocycles. The fraction of sp³-hybridized carbons (Fsp3) is 0.556. The molecule has 0 unspecified atom stereocenters. The molecule has 2 N–H and O–H groups in total. The first kappa shape index (κ1) is 8.59. The molecule has 2 rings (SSSR count). The zero-order valence-corrected chi connectivity index (χ0v) is 7.56. The van der Waals surface area contributed by atoms with E-state index in [4.69, 9.17) is 5.73 Å². The first-order valence-corrected chi connectivity index (χ1v) is 4.56. The average Bonchev–Trinajstić information content (AvgIpc) is 2.53. The van der Waals surface area contributed by atoms with E-state index in [2.05, 4.69) is 14.9 Å². The normalized spacial score (nSPS) is 23.6. The SMILES string of the molecule is N[C@@H]1CCN(Cc2cncnc2)C1. The Morgan fingerprint density at radius 3 is 2.85 bits per heavy atom. The van der Waals surface area contributed by atoms with Gasteiger partial charge in [0, 0.05) is 43.6 Å². The van der Waals surface area contributed by atoms with Crippen molar-refractivity contribution >= 4 is 0 Å². The summed E-state index contributed by atoms with van der Waals surface area (Å²) in [4.78, 5) is 10.3. The molecule has 0 aliphatic carbocycles. The van der Waals surface area contributed by atoms with Crippen molar-refractivity contribution in [2.75, 3.05) is 13.1 Å². The smallest absolute Gasteiger partial charge is 0.115 e. The highest BCUT2D eigenvalue weighted by Gasteiger charge is 2.18. The van der Waals surface area contributed by atoms with Gasteiger partial charge < -0.3 is 5.73 Å². The maximum absolute atomic E-state index is 5.81. The standard InChI is InChI=1S/C9H14N4/c10-9-1-2-13(6-9)5-8-3-11-7-12-4-8/h3-4,7,9H,1-2,5-6,10H2/t9-/m1/s1. The minimum absolute atomic E-state index is 0.352. The molecule has 0 saturated carbocycles. The summed E-state index contributed by atoms with van der Waals surface area (Å²) in [5, 5.41) is 0. The summed E-state index contributed by atoms with van der Waals surface area (Å²) >= 11 is 0. The lowest BCUT2D eigenvalue weighted by Gasteiger charge is -2.13. The molecule has 1 aliphatic rings. The Hall–Kier alpha value is -1.00. The zero-order chi connectivity index (χ0) is 9.10. The van der Waals surface area contributed by atoms with Gasteiger partial charge in [0.1, 0.15) is 6.33 Å². The van der Waals surface area contributed by atoms with Crippen LogP contribution in [0.15, 0.2) is 18.7 Å². The summed E-state index contributed by atoms with van der Waals surface area (Å²) in [5.74, 6) is 0. The minimum atomic E-state index is 0.352. The summed E-state index contributed by atoms with van der Waals surface area (Å²) in [5.41, 5.74) is 6.97. The van der Waals surface area contributed by atoms with Crippen molar-refractivity contribution in [1.29, 1.82) is 0 Å². The zero-order valence-electron chi connectivity index (χ0n) is 7.56. The van der Waals surface area contributed by atoms with Gasteiger partial charge in [-0.1, -0.05) is 0 Å². The Morgan fingerprint density at radius 2 is 2.23 bits per heavy atom. The second-order valence-electron chi connectivity index (χ2n) is 3.53. The molecule has 2 heterocycles. The molecule has 4 heteroatoms. The molecule has 1 aromatic heterocycles. The van der Waals surface area contributed by atoms with Crippen LogP contribution in [0.1, 0.15) is 12.0 Å². The Bertz CT molecular complexity index is 262. The van der Waals surface area contributed by atoms with Crippen molar-refractivity contribution in [3.8, 4) is 0 Å². The summed E-state index contributed by atoms with van der Waals surface area (Å²) < 4.78 is 0. The third-order valence-corrected chi connectivity index (χ3v) is 2.33. The molecule has 4 nitrogen and oxygen atoms in total. The highest BCUT2D eigenvalue weighted by molar-refractivity contribution is 5.02. The molecule has 1 saturated heterocycles. The third-order valence-electron chi connectivity index (χ3n) is 2.33. The Labute approximate surface area is 77.8 Å². The second kappa shape index (κ2) is 3.81. The van der Waals surface area contributed by atoms with Gasteiger partial charge in [-0.05, 0) is 6.42 Å². The monoisotopic (exact) mass is 178 g/mol. The van der Waals surface area contributed by atoms with Crippen LogP contribution in [0.25, 0.3) is 0 Å². The van der Waals surface area contributed by atoms with Crippen LogP contribution in [0.4, 0.5) is 0 Å². The number of rotatable bonds is 2. The minimum Gasteiger partial charge on any atom is -0.326 e. The number of nitrogens with two attached hydrogens (primary N) is 1. The topological polar surface area (TPSA) is 55.0 Å². The molecular weight excluding hydrogens is 164 g/mol. The van der Waals surface area contributed by atoms with Crippen LogP contribution in [0.5, 0.6) is 0 Å². The fourth-order valence-electron chi connectivity index (χ4n) is 1.68. The van der Waals surface area contributed by atoms with Crippen LogP contribution in [-0.4, -0.2) is 34.0 Å². The first-order valence-electron chi connectivity index (χ1n) is 4.56. The fourth-order valence-corrected chi connectivity index (χ4v) is 1.68. The Balaban J connectivity index is 1.92. The highest BCUT2D eigenvalue weighted by atomic mass is 15.2. The lowest BCUT2D eigenvalue weighted by molar-refractivity contribution is 0.326. The molecule has 0 spiro atoms. The second-order valence-corrected chi connectivity index (χ2v) is 3.53. The van der Waals surface area contributed by atoms with Crippen LogP contribution in [0.3, 0.4) is 0 Å². The molecule has 0 aromatic carbocycles. The summed E-state index contributed by atoms with van der Waals surface area (Å²) in [6.45, 7) is 3.01. The van der Waals surface area contributed by atoms with E-state index in [1.54, 1.807) is 6.33 Å². The van der Waals surface area contributed by atoms with Crippen LogP contribution < -0.4 is 5.73 Å². The summed E-state index contributed by atoms with van der Waals surface area (Å²) in [6.07, 6.45) is 6.38. The largest absolute Gasteiger partial charge is 0.326 e. The predicted molar refractivity (Wildman–Crippen MR) is 49.9 cm³/mol. The van der Waals surface area contributed by atoms with Gasteiger partial charge in [0.15, 0.2) is 0 Å². The maximum atomic E-state index is 5.81. The van der Waals surface area contributed by atoms with Gasteiger partial charge in [0.25, 0.3) is 0 Å². The molecule has 13 heavy (non-hydrogen) atoms. The van der Waals surface area contributed by atoms with Crippen molar-refractivity contribution in [3.05, 3.63) is 24.3 Å². The molecular formula is C9H14N4. The van der Waals surface area contributed by atoms with E-state index in [0.29, 0.717) is 6.04 Å². The quantitative estimate of drug-likeness (QED) is 0.693. The molecule has 70 valence electrons. The number of aromatic nitrogens is 2. The lowest BCUT2D eigenvalue weighted by atomic mass is 10.3. The van der Waals surface area contributed by atoms with Crippen LogP contribution in [0.2, 0.25) is 0 Å². The van der Waals surface area contributed by atoms with Gasteiger partial charge in [-0.25, -0.2) is 9.97 Å². The van der Waals surface area contributed by atoms with Crippen molar-refractivity contribution in [3.63, 3.8) is 0 Å². The number of hydrogen-bond donors (Lipinski definition) is 1. The molecule has 1 atom stereocenters. The van der Waals surface area contributed by atoms with Gasteiger partial charge >= 0.3 is 0 Å². The molecule has 0 radical (unpaired) electrons. The van der Waals surface area contributed by atoms with E-state index < -0.39 is 0 Å². The van der Waals surface area contributed by atoms with E-state index in [0.717, 1.165) is 31.6 Å². The molecule has 1 aromatic rings. The van der Waals surface area contributed by atoms with E-state index in [-0.39, 0.29) is 0 Å². The number of likely N-dealkylation sites (tertiary alicyclic amines) is 1. The number of hydrogen-bond acceptors (Lipinski definition) is 4. The van der Waals surface area contributed by atoms with Gasteiger partial charge in [0.05, 0.1) is 0 Å². The van der Waals surface area contributed by atoms with Crippen molar-refractivity contribution in [2.45, 2.75) is 19.0 Å². The van der Waals surface area contributed by atoms with Crippen LogP contribution in [-0.2, 0) is 6.54 Å². The first-order chi connectivity index (χ1) is 6.34.